The fraction of sp³-hybridized carbons (Fsp3) is 0. The summed E-state index contributed by atoms with van der Waals surface area (Å²) in [5.41, 5.74) is 22.5. The Balaban J connectivity index is 0.854. The number of aromatic nitrogens is 8. The van der Waals surface area contributed by atoms with E-state index in [0.717, 1.165) is 193 Å². The van der Waals surface area contributed by atoms with Gasteiger partial charge in [-0.05, 0) is 120 Å². The molecular formula is C83H48N8O2. The quantitative estimate of drug-likeness (QED) is 0.159. The van der Waals surface area contributed by atoms with Crippen LogP contribution in [0.2, 0.25) is 0 Å². The molecule has 0 unspecified atom stereocenters. The van der Waals surface area contributed by atoms with Crippen molar-refractivity contribution in [1.29, 1.82) is 0 Å². The van der Waals surface area contributed by atoms with Crippen molar-refractivity contribution in [3.05, 3.63) is 292 Å². The van der Waals surface area contributed by atoms with E-state index in [1.165, 1.54) is 0 Å². The van der Waals surface area contributed by atoms with Crippen molar-refractivity contribution >= 4 is 137 Å². The van der Waals surface area contributed by atoms with Crippen LogP contribution in [0.4, 0.5) is 0 Å². The van der Waals surface area contributed by atoms with Gasteiger partial charge in [-0.2, -0.15) is 0 Å². The van der Waals surface area contributed by atoms with Crippen LogP contribution in [0, 0.1) is 0 Å². The fourth-order valence-electron chi connectivity index (χ4n) is 15.5. The Morgan fingerprint density at radius 3 is 1.42 bits per heavy atom. The first-order chi connectivity index (χ1) is 46.2. The Hall–Kier alpha value is -12.8. The molecule has 0 aliphatic carbocycles. The second kappa shape index (κ2) is 18.9. The van der Waals surface area contributed by atoms with Crippen molar-refractivity contribution < 1.29 is 8.83 Å². The van der Waals surface area contributed by atoms with Gasteiger partial charge in [-0.25, -0.2) is 4.98 Å². The Morgan fingerprint density at radius 2 is 0.796 bits per heavy atom. The molecule has 10 heteroatoms. The molecule has 0 atom stereocenters. The number of rotatable bonds is 7. The molecule has 0 radical (unpaired) electrons. The number of hydrogen-bond acceptors (Lipinski definition) is 5. The van der Waals surface area contributed by atoms with E-state index in [1.54, 1.807) is 0 Å². The maximum Gasteiger partial charge on any atom is 0.160 e. The second-order valence-corrected chi connectivity index (χ2v) is 24.3. The number of benzene rings is 11. The van der Waals surface area contributed by atoms with E-state index in [4.69, 9.17) is 18.8 Å². The first-order valence-electron chi connectivity index (χ1n) is 31.4. The van der Waals surface area contributed by atoms with Crippen LogP contribution in [-0.4, -0.2) is 37.6 Å². The number of furan rings is 2. The summed E-state index contributed by atoms with van der Waals surface area (Å²) >= 11 is 0. The highest BCUT2D eigenvalue weighted by Crippen LogP contribution is 2.53. The van der Waals surface area contributed by atoms with Crippen molar-refractivity contribution in [2.45, 2.75) is 0 Å². The van der Waals surface area contributed by atoms with E-state index in [1.807, 2.05) is 42.7 Å². The Bertz CT molecular complexity index is 6700. The van der Waals surface area contributed by atoms with Gasteiger partial charge in [-0.3, -0.25) is 9.97 Å². The summed E-state index contributed by atoms with van der Waals surface area (Å²) in [7, 11) is 0. The smallest absolute Gasteiger partial charge is 0.160 e. The number of fused-ring (bicyclic) bond motifs is 25. The second-order valence-electron chi connectivity index (χ2n) is 24.3. The maximum atomic E-state index is 7.26. The lowest BCUT2D eigenvalue weighted by Gasteiger charge is -2.13. The minimum absolute atomic E-state index is 0.813. The molecule has 21 rings (SSSR count). The number of para-hydroxylation sites is 6. The minimum atomic E-state index is 0.813. The molecule has 0 spiro atoms. The van der Waals surface area contributed by atoms with E-state index >= 15 is 0 Å². The van der Waals surface area contributed by atoms with E-state index in [9.17, 15) is 0 Å². The number of nitrogens with zero attached hydrogens (tertiary/aromatic N) is 8. The number of pyridine rings is 3. The van der Waals surface area contributed by atoms with Crippen LogP contribution in [0.25, 0.3) is 193 Å². The number of imidazole rings is 1. The van der Waals surface area contributed by atoms with Gasteiger partial charge in [0.25, 0.3) is 0 Å². The average Bonchev–Trinajstić information content (AvgIpc) is 1.53. The van der Waals surface area contributed by atoms with Crippen LogP contribution in [-0.2, 0) is 0 Å². The minimum Gasteiger partial charge on any atom is -0.454 e. The first kappa shape index (κ1) is 50.1. The highest BCUT2D eigenvalue weighted by atomic mass is 16.3. The van der Waals surface area contributed by atoms with Gasteiger partial charge in [0.2, 0.25) is 0 Å². The molecule has 432 valence electrons. The maximum absolute atomic E-state index is 7.26. The molecule has 0 fully saturated rings. The van der Waals surface area contributed by atoms with Crippen molar-refractivity contribution in [2.24, 2.45) is 0 Å². The fourth-order valence-corrected chi connectivity index (χ4v) is 15.5. The molecule has 0 saturated carbocycles. The van der Waals surface area contributed by atoms with Crippen molar-refractivity contribution in [3.8, 4) is 56.5 Å². The van der Waals surface area contributed by atoms with Crippen molar-refractivity contribution in [1.82, 2.24) is 37.6 Å². The normalized spacial score (nSPS) is 12.3. The lowest BCUT2D eigenvalue weighted by Crippen LogP contribution is -1.98. The summed E-state index contributed by atoms with van der Waals surface area (Å²) in [4.78, 5) is 14.9. The van der Waals surface area contributed by atoms with Gasteiger partial charge >= 0.3 is 0 Å². The molecule has 10 nitrogen and oxygen atoms in total. The number of hydrogen-bond donors (Lipinski definition) is 0. The van der Waals surface area contributed by atoms with Gasteiger partial charge in [0, 0.05) is 106 Å². The van der Waals surface area contributed by atoms with Crippen LogP contribution >= 0.6 is 0 Å². The Morgan fingerprint density at radius 1 is 0.290 bits per heavy atom. The SMILES string of the molecule is c1ccc(-n2c3ccccc3c3c2c2oc4ccccc4c2c2c4ccc(-c5cccc(-n6c7ccccc7c7c6c6oc8ccccc8c6c6c8ccccc8n(-c8ccc(-c9ccccn9)nc8)c67)c5)cc4n(-c4cccc(-c5cn6ccccc6n5)c4)c23)cc1. The standard InChI is InChI=1S/C83H48N8O2/c1-2-22-52(23-3-1)88-66-33-10-5-27-57(66)76-78-73(75-61-30-8-13-36-70(61)92-82(75)80(76)88)59-40-38-50(46-68(59)90(78)54-25-19-21-51(45-54)64-48-87-43-17-15-37-71(87)86-64)49-20-18-24-53(44-49)89-67-34-11-6-28-58(67)77-79-72(74-60-29-7-12-35-69(60)93-83(74)81(77)89)56-26-4-9-32-65(56)91(79)55-39-41-63(85-47-55)62-31-14-16-42-84-62/h1-48H. The Kier molecular flexibility index (Phi) is 10.2. The summed E-state index contributed by atoms with van der Waals surface area (Å²) in [6, 6.07) is 95.4. The zero-order chi connectivity index (χ0) is 60.6. The lowest BCUT2D eigenvalue weighted by molar-refractivity contribution is 0.671. The predicted molar refractivity (Wildman–Crippen MR) is 379 cm³/mol. The van der Waals surface area contributed by atoms with E-state index < -0.39 is 0 Å². The molecule has 11 aromatic carbocycles. The molecule has 0 N–H and O–H groups in total. The van der Waals surface area contributed by atoms with Crippen LogP contribution in [0.5, 0.6) is 0 Å². The van der Waals surface area contributed by atoms with Crippen LogP contribution in [0.15, 0.2) is 301 Å². The molecule has 21 aromatic rings. The molecule has 0 saturated heterocycles. The molecule has 0 bridgehead atoms. The monoisotopic (exact) mass is 1190 g/mol. The summed E-state index contributed by atoms with van der Waals surface area (Å²) in [6.07, 6.45) is 7.98. The molecule has 93 heavy (non-hydrogen) atoms. The van der Waals surface area contributed by atoms with E-state index in [2.05, 4.69) is 277 Å². The Labute approximate surface area is 528 Å². The molecule has 10 heterocycles. The average molecular weight is 1190 g/mol. The first-order valence-corrected chi connectivity index (χ1v) is 31.4. The van der Waals surface area contributed by atoms with Crippen molar-refractivity contribution in [3.63, 3.8) is 0 Å². The molecule has 10 aromatic heterocycles. The third kappa shape index (κ3) is 6.97. The summed E-state index contributed by atoms with van der Waals surface area (Å²) < 4.78 is 26.3. The largest absolute Gasteiger partial charge is 0.454 e. The summed E-state index contributed by atoms with van der Waals surface area (Å²) in [5.74, 6) is 0. The van der Waals surface area contributed by atoms with Crippen LogP contribution in [0.1, 0.15) is 0 Å². The third-order valence-corrected chi connectivity index (χ3v) is 19.3. The van der Waals surface area contributed by atoms with Crippen LogP contribution in [0.3, 0.4) is 0 Å². The lowest BCUT2D eigenvalue weighted by atomic mass is 9.99. The van der Waals surface area contributed by atoms with Gasteiger partial charge in [0.1, 0.15) is 16.8 Å². The van der Waals surface area contributed by atoms with Crippen molar-refractivity contribution in [2.75, 3.05) is 0 Å². The molecular weight excluding hydrogens is 1140 g/mol. The van der Waals surface area contributed by atoms with E-state index in [0.29, 0.717) is 0 Å². The van der Waals surface area contributed by atoms with Gasteiger partial charge in [-0.1, -0.05) is 158 Å². The van der Waals surface area contributed by atoms with Gasteiger partial charge in [0.15, 0.2) is 11.2 Å². The molecule has 0 aliphatic rings. The zero-order valence-electron chi connectivity index (χ0n) is 49.6. The van der Waals surface area contributed by atoms with E-state index in [-0.39, 0.29) is 0 Å². The third-order valence-electron chi connectivity index (χ3n) is 19.3. The summed E-state index contributed by atoms with van der Waals surface area (Å²) in [5, 5.41) is 13.3. The molecule has 0 amide bonds. The van der Waals surface area contributed by atoms with Gasteiger partial charge in [0.05, 0.1) is 73.1 Å². The van der Waals surface area contributed by atoms with Gasteiger partial charge < -0.3 is 31.5 Å². The molecule has 0 aliphatic heterocycles. The predicted octanol–water partition coefficient (Wildman–Crippen LogP) is 21.3. The van der Waals surface area contributed by atoms with Gasteiger partial charge in [-0.15, -0.1) is 0 Å². The topological polar surface area (TPSA) is 89.1 Å². The summed E-state index contributed by atoms with van der Waals surface area (Å²) in [6.45, 7) is 0. The highest BCUT2D eigenvalue weighted by Gasteiger charge is 2.31. The highest BCUT2D eigenvalue weighted by molar-refractivity contribution is 6.41. The van der Waals surface area contributed by atoms with Crippen LogP contribution < -0.4 is 0 Å². The zero-order valence-corrected chi connectivity index (χ0v) is 49.6.